The fraction of sp³-hybridized carbons (Fsp3) is 0.417. The number of carbonyl (C=O) groups is 2. The third-order valence-electron chi connectivity index (χ3n) is 2.87. The van der Waals surface area contributed by atoms with Crippen LogP contribution >= 0.6 is 11.6 Å². The lowest BCUT2D eigenvalue weighted by Crippen LogP contribution is -2.39. The molecule has 0 aromatic carbocycles. The first-order valence-electron chi connectivity index (χ1n) is 5.62. The van der Waals surface area contributed by atoms with Crippen LogP contribution in [-0.2, 0) is 16.6 Å². The smallest absolute Gasteiger partial charge is 0.326 e. The summed E-state index contributed by atoms with van der Waals surface area (Å²) in [5.41, 5.74) is 1.35. The van der Waals surface area contributed by atoms with E-state index in [9.17, 15) is 9.59 Å². The van der Waals surface area contributed by atoms with Crippen LogP contribution in [0.4, 0.5) is 0 Å². The van der Waals surface area contributed by atoms with Crippen molar-refractivity contribution in [2.75, 3.05) is 7.05 Å². The Balaban J connectivity index is 2.87. The second-order valence-corrected chi connectivity index (χ2v) is 4.57. The summed E-state index contributed by atoms with van der Waals surface area (Å²) in [7, 11) is 3.14. The number of carboxylic acids is 1. The summed E-state index contributed by atoms with van der Waals surface area (Å²) in [6.45, 7) is 3.22. The summed E-state index contributed by atoms with van der Waals surface area (Å²) < 4.78 is 1.50. The van der Waals surface area contributed by atoms with Crippen molar-refractivity contribution < 1.29 is 14.7 Å². The monoisotopic (exact) mass is 285 g/mol. The van der Waals surface area contributed by atoms with E-state index >= 15 is 0 Å². The summed E-state index contributed by atoms with van der Waals surface area (Å²) in [6, 6.07) is -0.886. The van der Waals surface area contributed by atoms with Crippen molar-refractivity contribution in [3.05, 3.63) is 22.5 Å². The fourth-order valence-corrected chi connectivity index (χ4v) is 1.70. The van der Waals surface area contributed by atoms with Crippen LogP contribution in [0.15, 0.2) is 6.08 Å². The number of aryl methyl sites for hydroxylation is 2. The first kappa shape index (κ1) is 15.2. The van der Waals surface area contributed by atoms with E-state index in [4.69, 9.17) is 16.7 Å². The van der Waals surface area contributed by atoms with Gasteiger partial charge in [-0.3, -0.25) is 9.48 Å². The van der Waals surface area contributed by atoms with Gasteiger partial charge in [0.15, 0.2) is 0 Å². The third kappa shape index (κ3) is 3.35. The van der Waals surface area contributed by atoms with Crippen LogP contribution in [0.1, 0.15) is 18.2 Å². The SMILES string of the molecule is Cc1nn(C)c(Cl)c1C=CC(=O)N(C)C(C)C(=O)O. The highest BCUT2D eigenvalue weighted by Gasteiger charge is 2.20. The van der Waals surface area contributed by atoms with Gasteiger partial charge in [0, 0.05) is 25.7 Å². The predicted molar refractivity (Wildman–Crippen MR) is 71.9 cm³/mol. The Morgan fingerprint density at radius 1 is 1.53 bits per heavy atom. The molecule has 1 unspecified atom stereocenters. The van der Waals surface area contributed by atoms with E-state index in [1.807, 2.05) is 0 Å². The van der Waals surface area contributed by atoms with Gasteiger partial charge in [-0.05, 0) is 19.9 Å². The zero-order chi connectivity index (χ0) is 14.7. The maximum absolute atomic E-state index is 11.8. The van der Waals surface area contributed by atoms with Gasteiger partial charge in [0.05, 0.1) is 5.69 Å². The maximum Gasteiger partial charge on any atom is 0.326 e. The number of aromatic nitrogens is 2. The van der Waals surface area contributed by atoms with Gasteiger partial charge in [0.1, 0.15) is 11.2 Å². The van der Waals surface area contributed by atoms with Crippen LogP contribution in [0, 0.1) is 6.92 Å². The number of rotatable bonds is 4. The van der Waals surface area contributed by atoms with Crippen LogP contribution in [0.2, 0.25) is 5.15 Å². The molecule has 0 fully saturated rings. The molecule has 1 heterocycles. The van der Waals surface area contributed by atoms with Gasteiger partial charge in [-0.25, -0.2) is 4.79 Å². The van der Waals surface area contributed by atoms with Gasteiger partial charge < -0.3 is 10.0 Å². The number of hydrogen-bond donors (Lipinski definition) is 1. The van der Waals surface area contributed by atoms with E-state index in [0.29, 0.717) is 16.4 Å². The number of halogens is 1. The number of nitrogens with zero attached hydrogens (tertiary/aromatic N) is 3. The quantitative estimate of drug-likeness (QED) is 0.847. The molecule has 0 spiro atoms. The largest absolute Gasteiger partial charge is 0.480 e. The Labute approximate surface area is 116 Å². The first-order valence-corrected chi connectivity index (χ1v) is 6.00. The minimum absolute atomic E-state index is 0.408. The number of hydrogen-bond acceptors (Lipinski definition) is 3. The molecule has 1 amide bonds. The molecule has 0 aliphatic rings. The topological polar surface area (TPSA) is 75.4 Å². The zero-order valence-electron chi connectivity index (χ0n) is 11.2. The van der Waals surface area contributed by atoms with Crippen molar-refractivity contribution in [2.45, 2.75) is 19.9 Å². The van der Waals surface area contributed by atoms with Gasteiger partial charge in [0.2, 0.25) is 5.91 Å². The summed E-state index contributed by atoms with van der Waals surface area (Å²) in [5, 5.41) is 13.4. The molecule has 0 aliphatic carbocycles. The van der Waals surface area contributed by atoms with E-state index < -0.39 is 17.9 Å². The molecule has 0 radical (unpaired) electrons. The van der Waals surface area contributed by atoms with Crippen molar-refractivity contribution in [3.63, 3.8) is 0 Å². The third-order valence-corrected chi connectivity index (χ3v) is 3.32. The lowest BCUT2D eigenvalue weighted by molar-refractivity contribution is -0.146. The van der Waals surface area contributed by atoms with Crippen LogP contribution < -0.4 is 0 Å². The van der Waals surface area contributed by atoms with Crippen molar-refractivity contribution >= 4 is 29.6 Å². The predicted octanol–water partition coefficient (Wildman–Crippen LogP) is 1.33. The average Bonchev–Trinajstić information content (AvgIpc) is 2.59. The van der Waals surface area contributed by atoms with Crippen LogP contribution in [0.5, 0.6) is 0 Å². The van der Waals surface area contributed by atoms with E-state index in [1.165, 1.54) is 30.8 Å². The van der Waals surface area contributed by atoms with Crippen molar-refractivity contribution in [1.82, 2.24) is 14.7 Å². The van der Waals surface area contributed by atoms with Gasteiger partial charge in [0.25, 0.3) is 0 Å². The van der Waals surface area contributed by atoms with Gasteiger partial charge >= 0.3 is 5.97 Å². The van der Waals surface area contributed by atoms with E-state index in [2.05, 4.69) is 5.10 Å². The molecule has 0 aliphatic heterocycles. The number of likely N-dealkylation sites (N-methyl/N-ethyl adjacent to an activating group) is 1. The molecule has 19 heavy (non-hydrogen) atoms. The summed E-state index contributed by atoms with van der Waals surface area (Å²) in [6.07, 6.45) is 2.83. The Bertz CT molecular complexity index is 537. The molecule has 0 saturated heterocycles. The highest BCUT2D eigenvalue weighted by molar-refractivity contribution is 6.31. The van der Waals surface area contributed by atoms with Gasteiger partial charge in [-0.2, -0.15) is 5.10 Å². The molecule has 1 aromatic rings. The molecular weight excluding hydrogens is 270 g/mol. The minimum Gasteiger partial charge on any atom is -0.480 e. The lowest BCUT2D eigenvalue weighted by atomic mass is 10.2. The summed E-state index contributed by atoms with van der Waals surface area (Å²) in [5.74, 6) is -1.46. The Kier molecular flexibility index (Phi) is 4.72. The standard InChI is InChI=1S/C12H16ClN3O3/c1-7-9(11(13)16(4)14-7)5-6-10(17)15(3)8(2)12(18)19/h5-6,8H,1-4H3,(H,18,19). The Morgan fingerprint density at radius 3 is 2.53 bits per heavy atom. The minimum atomic E-state index is -1.06. The molecule has 0 bridgehead atoms. The molecular formula is C12H16ClN3O3. The molecule has 1 aromatic heterocycles. The number of amides is 1. The van der Waals surface area contributed by atoms with Crippen molar-refractivity contribution in [2.24, 2.45) is 7.05 Å². The maximum atomic E-state index is 11.8. The van der Waals surface area contributed by atoms with Gasteiger partial charge in [-0.1, -0.05) is 11.6 Å². The molecule has 1 N–H and O–H groups in total. The summed E-state index contributed by atoms with van der Waals surface area (Å²) in [4.78, 5) is 23.7. The molecule has 104 valence electrons. The highest BCUT2D eigenvalue weighted by atomic mass is 35.5. The second kappa shape index (κ2) is 5.88. The average molecular weight is 286 g/mol. The first-order chi connectivity index (χ1) is 8.75. The molecule has 0 saturated carbocycles. The van der Waals surface area contributed by atoms with Crippen LogP contribution in [-0.4, -0.2) is 44.8 Å². The fourth-order valence-electron chi connectivity index (χ4n) is 1.46. The Morgan fingerprint density at radius 2 is 2.11 bits per heavy atom. The highest BCUT2D eigenvalue weighted by Crippen LogP contribution is 2.20. The van der Waals surface area contributed by atoms with Crippen molar-refractivity contribution in [3.8, 4) is 0 Å². The Hall–Kier alpha value is -1.82. The number of carbonyl (C=O) groups excluding carboxylic acids is 1. The van der Waals surface area contributed by atoms with Gasteiger partial charge in [-0.15, -0.1) is 0 Å². The molecule has 1 rings (SSSR count). The molecule has 6 nitrogen and oxygen atoms in total. The lowest BCUT2D eigenvalue weighted by Gasteiger charge is -2.19. The zero-order valence-corrected chi connectivity index (χ0v) is 12.0. The molecule has 1 atom stereocenters. The number of carboxylic acid groups (broad SMARTS) is 1. The van der Waals surface area contributed by atoms with Crippen LogP contribution in [0.25, 0.3) is 6.08 Å². The van der Waals surface area contributed by atoms with E-state index in [1.54, 1.807) is 14.0 Å². The van der Waals surface area contributed by atoms with E-state index in [-0.39, 0.29) is 0 Å². The summed E-state index contributed by atoms with van der Waals surface area (Å²) >= 11 is 6.02. The van der Waals surface area contributed by atoms with Crippen LogP contribution in [0.3, 0.4) is 0 Å². The molecule has 7 heteroatoms. The van der Waals surface area contributed by atoms with Crippen molar-refractivity contribution in [1.29, 1.82) is 0 Å². The van der Waals surface area contributed by atoms with E-state index in [0.717, 1.165) is 4.90 Å². The number of aliphatic carboxylic acids is 1. The second-order valence-electron chi connectivity index (χ2n) is 4.21. The normalized spacial score (nSPS) is 12.7.